The molecular formula is C18H30N2O3. The summed E-state index contributed by atoms with van der Waals surface area (Å²) in [6, 6.07) is 0.323. The van der Waals surface area contributed by atoms with Crippen molar-refractivity contribution in [3.63, 3.8) is 0 Å². The molecule has 0 aromatic heterocycles. The number of nitrogens with zero attached hydrogens (tertiary/aromatic N) is 2. The van der Waals surface area contributed by atoms with Gasteiger partial charge in [-0.15, -0.1) is 0 Å². The average molecular weight is 322 g/mol. The first-order valence-electron chi connectivity index (χ1n) is 9.23. The fourth-order valence-corrected chi connectivity index (χ4v) is 4.91. The largest absolute Gasteiger partial charge is 0.378 e. The Morgan fingerprint density at radius 1 is 1.35 bits per heavy atom. The standard InChI is InChI=1S/C18H30N2O3/c1-3-23-15-13-14(18(15)9-4-5-10-18)19(2)16(21)8-12-20-11-6-7-17(20)22/h14-15H,3-13H2,1-2H3/t14-,15+/m1/s1. The maximum atomic E-state index is 12.6. The van der Waals surface area contributed by atoms with E-state index in [1.165, 1.54) is 25.7 Å². The molecule has 1 spiro atoms. The first-order chi connectivity index (χ1) is 11.1. The Balaban J connectivity index is 1.55. The first kappa shape index (κ1) is 16.7. The number of hydrogen-bond acceptors (Lipinski definition) is 3. The molecule has 0 aromatic carbocycles. The quantitative estimate of drug-likeness (QED) is 0.753. The molecule has 130 valence electrons. The zero-order valence-corrected chi connectivity index (χ0v) is 14.6. The van der Waals surface area contributed by atoms with Crippen molar-refractivity contribution in [2.24, 2.45) is 5.41 Å². The molecule has 3 rings (SSSR count). The van der Waals surface area contributed by atoms with E-state index in [1.807, 2.05) is 16.8 Å². The molecular weight excluding hydrogens is 292 g/mol. The number of carbonyl (C=O) groups excluding carboxylic acids is 2. The molecule has 2 amide bonds. The molecule has 3 aliphatic rings. The second kappa shape index (κ2) is 6.80. The molecule has 5 heteroatoms. The van der Waals surface area contributed by atoms with Gasteiger partial charge in [-0.25, -0.2) is 0 Å². The minimum Gasteiger partial charge on any atom is -0.378 e. The van der Waals surface area contributed by atoms with Crippen LogP contribution in [0.15, 0.2) is 0 Å². The highest BCUT2D eigenvalue weighted by Gasteiger charge is 2.58. The van der Waals surface area contributed by atoms with E-state index in [2.05, 4.69) is 6.92 Å². The van der Waals surface area contributed by atoms with E-state index in [0.29, 0.717) is 31.5 Å². The third kappa shape index (κ3) is 3.00. The predicted octanol–water partition coefficient (Wildman–Crippen LogP) is 2.20. The molecule has 0 N–H and O–H groups in total. The van der Waals surface area contributed by atoms with Crippen LogP contribution in [0.1, 0.15) is 58.3 Å². The fourth-order valence-electron chi connectivity index (χ4n) is 4.91. The summed E-state index contributed by atoms with van der Waals surface area (Å²) in [6.45, 7) is 4.21. The van der Waals surface area contributed by atoms with Crippen LogP contribution in [0, 0.1) is 5.41 Å². The maximum Gasteiger partial charge on any atom is 0.224 e. The van der Waals surface area contributed by atoms with E-state index in [0.717, 1.165) is 26.0 Å². The fraction of sp³-hybridized carbons (Fsp3) is 0.889. The van der Waals surface area contributed by atoms with Gasteiger partial charge in [0.2, 0.25) is 11.8 Å². The molecule has 5 nitrogen and oxygen atoms in total. The lowest BCUT2D eigenvalue weighted by Crippen LogP contribution is -2.64. The van der Waals surface area contributed by atoms with Crippen LogP contribution in [0.5, 0.6) is 0 Å². The van der Waals surface area contributed by atoms with Gasteiger partial charge in [-0.2, -0.15) is 0 Å². The molecule has 1 saturated heterocycles. The lowest BCUT2D eigenvalue weighted by atomic mass is 9.60. The third-order valence-corrected chi connectivity index (χ3v) is 6.27. The second-order valence-electron chi connectivity index (χ2n) is 7.37. The molecule has 2 atom stereocenters. The number of likely N-dealkylation sites (tertiary alicyclic amines) is 1. The zero-order valence-electron chi connectivity index (χ0n) is 14.6. The first-order valence-corrected chi connectivity index (χ1v) is 9.23. The summed E-state index contributed by atoms with van der Waals surface area (Å²) in [4.78, 5) is 28.0. The van der Waals surface area contributed by atoms with Gasteiger partial charge in [-0.05, 0) is 32.6 Å². The van der Waals surface area contributed by atoms with Gasteiger partial charge in [0.15, 0.2) is 0 Å². The third-order valence-electron chi connectivity index (χ3n) is 6.27. The second-order valence-corrected chi connectivity index (χ2v) is 7.37. The number of carbonyl (C=O) groups is 2. The smallest absolute Gasteiger partial charge is 0.224 e. The highest BCUT2D eigenvalue weighted by molar-refractivity contribution is 5.80. The van der Waals surface area contributed by atoms with Crippen molar-refractivity contribution in [2.75, 3.05) is 26.7 Å². The van der Waals surface area contributed by atoms with Crippen LogP contribution < -0.4 is 0 Å². The van der Waals surface area contributed by atoms with Gasteiger partial charge in [0.05, 0.1) is 6.10 Å². The molecule has 1 heterocycles. The maximum absolute atomic E-state index is 12.6. The van der Waals surface area contributed by atoms with Crippen molar-refractivity contribution in [3.8, 4) is 0 Å². The summed E-state index contributed by atoms with van der Waals surface area (Å²) >= 11 is 0. The van der Waals surface area contributed by atoms with Gasteiger partial charge in [0.25, 0.3) is 0 Å². The average Bonchev–Trinajstić information content (AvgIpc) is 3.18. The lowest BCUT2D eigenvalue weighted by molar-refractivity contribution is -0.172. The number of rotatable bonds is 6. The highest BCUT2D eigenvalue weighted by atomic mass is 16.5. The van der Waals surface area contributed by atoms with Gasteiger partial charge in [0, 0.05) is 51.0 Å². The zero-order chi connectivity index (χ0) is 16.4. The Kier molecular flexibility index (Phi) is 4.95. The molecule has 1 aliphatic heterocycles. The minimum absolute atomic E-state index is 0.177. The Hall–Kier alpha value is -1.10. The van der Waals surface area contributed by atoms with Crippen LogP contribution in [0.25, 0.3) is 0 Å². The van der Waals surface area contributed by atoms with Crippen LogP contribution in [-0.4, -0.2) is 60.5 Å². The lowest BCUT2D eigenvalue weighted by Gasteiger charge is -2.57. The van der Waals surface area contributed by atoms with Gasteiger partial charge in [-0.1, -0.05) is 12.8 Å². The van der Waals surface area contributed by atoms with Crippen molar-refractivity contribution in [1.82, 2.24) is 9.80 Å². The normalized spacial score (nSPS) is 29.1. The van der Waals surface area contributed by atoms with Crippen molar-refractivity contribution in [1.29, 1.82) is 0 Å². The summed E-state index contributed by atoms with van der Waals surface area (Å²) in [5, 5.41) is 0. The summed E-state index contributed by atoms with van der Waals surface area (Å²) in [5.41, 5.74) is 0.198. The van der Waals surface area contributed by atoms with Crippen LogP contribution in [0.2, 0.25) is 0 Å². The van der Waals surface area contributed by atoms with Gasteiger partial charge < -0.3 is 14.5 Å². The topological polar surface area (TPSA) is 49.9 Å². The van der Waals surface area contributed by atoms with E-state index in [9.17, 15) is 9.59 Å². The molecule has 23 heavy (non-hydrogen) atoms. The molecule has 0 unspecified atom stereocenters. The summed E-state index contributed by atoms with van der Waals surface area (Å²) < 4.78 is 5.94. The van der Waals surface area contributed by atoms with E-state index in [1.54, 1.807) is 0 Å². The van der Waals surface area contributed by atoms with Crippen LogP contribution in [-0.2, 0) is 14.3 Å². The summed E-state index contributed by atoms with van der Waals surface area (Å²) in [5.74, 6) is 0.378. The van der Waals surface area contributed by atoms with Crippen molar-refractivity contribution < 1.29 is 14.3 Å². The summed E-state index contributed by atoms with van der Waals surface area (Å²) in [7, 11) is 1.95. The molecule has 2 aliphatic carbocycles. The molecule has 0 radical (unpaired) electrons. The van der Waals surface area contributed by atoms with Crippen molar-refractivity contribution in [2.45, 2.75) is 70.4 Å². The van der Waals surface area contributed by atoms with E-state index in [4.69, 9.17) is 4.74 Å². The van der Waals surface area contributed by atoms with E-state index < -0.39 is 0 Å². The molecule has 0 bridgehead atoms. The SMILES string of the molecule is CCO[C@H]1C[C@@H](N(C)C(=O)CCN2CCCC2=O)C12CCCC2. The minimum atomic E-state index is 0.177. The van der Waals surface area contributed by atoms with Crippen LogP contribution >= 0.6 is 0 Å². The number of amides is 2. The van der Waals surface area contributed by atoms with Crippen molar-refractivity contribution >= 4 is 11.8 Å². The van der Waals surface area contributed by atoms with Gasteiger partial charge >= 0.3 is 0 Å². The van der Waals surface area contributed by atoms with E-state index in [-0.39, 0.29) is 17.2 Å². The van der Waals surface area contributed by atoms with Gasteiger partial charge in [0.1, 0.15) is 0 Å². The van der Waals surface area contributed by atoms with Crippen LogP contribution in [0.3, 0.4) is 0 Å². The van der Waals surface area contributed by atoms with E-state index >= 15 is 0 Å². The molecule has 3 fully saturated rings. The summed E-state index contributed by atoms with van der Waals surface area (Å²) in [6.07, 6.45) is 8.21. The monoisotopic (exact) mass is 322 g/mol. The Morgan fingerprint density at radius 3 is 2.70 bits per heavy atom. The number of ether oxygens (including phenoxy) is 1. The van der Waals surface area contributed by atoms with Crippen molar-refractivity contribution in [3.05, 3.63) is 0 Å². The predicted molar refractivity (Wildman–Crippen MR) is 87.9 cm³/mol. The number of hydrogen-bond donors (Lipinski definition) is 0. The highest BCUT2D eigenvalue weighted by Crippen LogP contribution is 2.56. The Morgan fingerprint density at radius 2 is 2.09 bits per heavy atom. The van der Waals surface area contributed by atoms with Crippen LogP contribution in [0.4, 0.5) is 0 Å². The molecule has 0 aromatic rings. The molecule has 2 saturated carbocycles. The Labute approximate surface area is 139 Å². The van der Waals surface area contributed by atoms with Gasteiger partial charge in [-0.3, -0.25) is 9.59 Å². The Bertz CT molecular complexity index is 459.